The lowest BCUT2D eigenvalue weighted by atomic mass is 10.2. The SMILES string of the molecule is N#Cc1ccc2nc(Nc3c(F)cccc3F)[nH]c2c1. The highest BCUT2D eigenvalue weighted by Gasteiger charge is 2.11. The van der Waals surface area contributed by atoms with Crippen LogP contribution >= 0.6 is 0 Å². The van der Waals surface area contributed by atoms with E-state index >= 15 is 0 Å². The molecule has 2 N–H and O–H groups in total. The number of benzene rings is 2. The molecule has 20 heavy (non-hydrogen) atoms. The fourth-order valence-corrected chi connectivity index (χ4v) is 1.87. The zero-order valence-electron chi connectivity index (χ0n) is 10.1. The topological polar surface area (TPSA) is 64.5 Å². The van der Waals surface area contributed by atoms with Crippen molar-refractivity contribution in [3.63, 3.8) is 0 Å². The van der Waals surface area contributed by atoms with Crippen LogP contribution in [0.5, 0.6) is 0 Å². The highest BCUT2D eigenvalue weighted by atomic mass is 19.1. The highest BCUT2D eigenvalue weighted by molar-refractivity contribution is 5.79. The summed E-state index contributed by atoms with van der Waals surface area (Å²) >= 11 is 0. The second-order valence-electron chi connectivity index (χ2n) is 4.15. The van der Waals surface area contributed by atoms with E-state index in [1.165, 1.54) is 6.07 Å². The van der Waals surface area contributed by atoms with Gasteiger partial charge in [-0.2, -0.15) is 5.26 Å². The summed E-state index contributed by atoms with van der Waals surface area (Å²) in [6.45, 7) is 0. The van der Waals surface area contributed by atoms with Gasteiger partial charge in [0.25, 0.3) is 0 Å². The summed E-state index contributed by atoms with van der Waals surface area (Å²) in [5.41, 5.74) is 1.42. The van der Waals surface area contributed by atoms with Gasteiger partial charge in [-0.3, -0.25) is 0 Å². The van der Waals surface area contributed by atoms with Gasteiger partial charge in [-0.25, -0.2) is 13.8 Å². The highest BCUT2D eigenvalue weighted by Crippen LogP contribution is 2.23. The molecule has 0 saturated carbocycles. The predicted molar refractivity (Wildman–Crippen MR) is 70.4 cm³/mol. The van der Waals surface area contributed by atoms with E-state index in [0.717, 1.165) is 12.1 Å². The lowest BCUT2D eigenvalue weighted by Gasteiger charge is -2.04. The molecule has 0 aliphatic heterocycles. The number of rotatable bonds is 2. The zero-order chi connectivity index (χ0) is 14.1. The van der Waals surface area contributed by atoms with Crippen molar-refractivity contribution in [2.24, 2.45) is 0 Å². The molecule has 3 aromatic rings. The normalized spacial score (nSPS) is 10.4. The number of imidazole rings is 1. The molecule has 0 radical (unpaired) electrons. The van der Waals surface area contributed by atoms with Gasteiger partial charge in [0.1, 0.15) is 17.3 Å². The zero-order valence-corrected chi connectivity index (χ0v) is 10.1. The molecular weight excluding hydrogens is 262 g/mol. The summed E-state index contributed by atoms with van der Waals surface area (Å²) in [6.07, 6.45) is 0. The second-order valence-corrected chi connectivity index (χ2v) is 4.15. The van der Waals surface area contributed by atoms with Crippen molar-refractivity contribution in [3.8, 4) is 6.07 Å². The average molecular weight is 270 g/mol. The van der Waals surface area contributed by atoms with E-state index in [1.54, 1.807) is 18.2 Å². The molecule has 0 bridgehead atoms. The van der Waals surface area contributed by atoms with Crippen LogP contribution in [0.15, 0.2) is 36.4 Å². The molecule has 0 amide bonds. The molecule has 3 rings (SSSR count). The van der Waals surface area contributed by atoms with Crippen LogP contribution in [0, 0.1) is 23.0 Å². The van der Waals surface area contributed by atoms with E-state index < -0.39 is 11.6 Å². The first-order valence-electron chi connectivity index (χ1n) is 5.78. The largest absolute Gasteiger partial charge is 0.324 e. The van der Waals surface area contributed by atoms with Crippen molar-refractivity contribution < 1.29 is 8.78 Å². The third-order valence-corrected chi connectivity index (χ3v) is 2.82. The van der Waals surface area contributed by atoms with Crippen molar-refractivity contribution in [3.05, 3.63) is 53.6 Å². The number of nitrogens with zero attached hydrogens (tertiary/aromatic N) is 2. The monoisotopic (exact) mass is 270 g/mol. The number of nitriles is 1. The maximum Gasteiger partial charge on any atom is 0.205 e. The fourth-order valence-electron chi connectivity index (χ4n) is 1.87. The van der Waals surface area contributed by atoms with E-state index in [9.17, 15) is 8.78 Å². The molecule has 0 spiro atoms. The van der Waals surface area contributed by atoms with Crippen LogP contribution in [0.2, 0.25) is 0 Å². The average Bonchev–Trinajstić information content (AvgIpc) is 2.84. The lowest BCUT2D eigenvalue weighted by molar-refractivity contribution is 0.590. The van der Waals surface area contributed by atoms with Crippen LogP contribution in [0.4, 0.5) is 20.4 Å². The summed E-state index contributed by atoms with van der Waals surface area (Å²) in [4.78, 5) is 7.02. The van der Waals surface area contributed by atoms with Crippen molar-refractivity contribution in [1.29, 1.82) is 5.26 Å². The molecule has 0 fully saturated rings. The molecule has 0 atom stereocenters. The summed E-state index contributed by atoms with van der Waals surface area (Å²) in [6, 6.07) is 10.5. The molecule has 0 saturated heterocycles. The van der Waals surface area contributed by atoms with Crippen LogP contribution < -0.4 is 5.32 Å². The van der Waals surface area contributed by atoms with E-state index in [4.69, 9.17) is 5.26 Å². The molecule has 0 aliphatic carbocycles. The molecule has 98 valence electrons. The molecule has 0 unspecified atom stereocenters. The maximum atomic E-state index is 13.5. The Morgan fingerprint density at radius 2 is 1.90 bits per heavy atom. The molecule has 4 nitrogen and oxygen atoms in total. The number of hydrogen-bond donors (Lipinski definition) is 2. The van der Waals surface area contributed by atoms with Crippen molar-refractivity contribution in [2.75, 3.05) is 5.32 Å². The minimum absolute atomic E-state index is 0.207. The molecule has 0 aliphatic rings. The van der Waals surface area contributed by atoms with E-state index in [2.05, 4.69) is 15.3 Å². The van der Waals surface area contributed by atoms with Gasteiger partial charge < -0.3 is 10.3 Å². The van der Waals surface area contributed by atoms with Gasteiger partial charge in [0.05, 0.1) is 22.7 Å². The number of hydrogen-bond acceptors (Lipinski definition) is 3. The summed E-state index contributed by atoms with van der Waals surface area (Å²) in [7, 11) is 0. The number of aromatic nitrogens is 2. The molecular formula is C14H8F2N4. The Balaban J connectivity index is 2.01. The van der Waals surface area contributed by atoms with Crippen LogP contribution in [0.1, 0.15) is 5.56 Å². The Morgan fingerprint density at radius 3 is 2.60 bits per heavy atom. The van der Waals surface area contributed by atoms with Crippen LogP contribution in [-0.2, 0) is 0 Å². The van der Waals surface area contributed by atoms with Crippen LogP contribution in [0.3, 0.4) is 0 Å². The smallest absolute Gasteiger partial charge is 0.205 e. The standard InChI is InChI=1S/C14H8F2N4/c15-9-2-1-3-10(16)13(9)20-14-18-11-5-4-8(7-17)6-12(11)19-14/h1-6H,(H2,18,19,20). The Morgan fingerprint density at radius 1 is 1.15 bits per heavy atom. The first kappa shape index (κ1) is 12.1. The number of aromatic amines is 1. The van der Waals surface area contributed by atoms with Crippen molar-refractivity contribution in [1.82, 2.24) is 9.97 Å². The summed E-state index contributed by atoms with van der Waals surface area (Å²) in [5, 5.41) is 11.4. The third kappa shape index (κ3) is 2.06. The van der Waals surface area contributed by atoms with E-state index in [-0.39, 0.29) is 11.6 Å². The minimum atomic E-state index is -0.705. The summed E-state index contributed by atoms with van der Waals surface area (Å²) < 4.78 is 27.0. The third-order valence-electron chi connectivity index (χ3n) is 2.82. The Hall–Kier alpha value is -2.94. The van der Waals surface area contributed by atoms with Crippen molar-refractivity contribution >= 4 is 22.7 Å². The van der Waals surface area contributed by atoms with E-state index in [1.807, 2.05) is 6.07 Å². The van der Waals surface area contributed by atoms with Crippen LogP contribution in [-0.4, -0.2) is 9.97 Å². The Labute approximate surface area is 112 Å². The van der Waals surface area contributed by atoms with Gasteiger partial charge in [0.2, 0.25) is 5.95 Å². The second kappa shape index (κ2) is 4.63. The number of halogens is 2. The van der Waals surface area contributed by atoms with Gasteiger partial charge >= 0.3 is 0 Å². The lowest BCUT2D eigenvalue weighted by Crippen LogP contribution is -1.98. The number of H-pyrrole nitrogens is 1. The minimum Gasteiger partial charge on any atom is -0.324 e. The van der Waals surface area contributed by atoms with Gasteiger partial charge in [-0.15, -0.1) is 0 Å². The van der Waals surface area contributed by atoms with Gasteiger partial charge in [0.15, 0.2) is 0 Å². The van der Waals surface area contributed by atoms with Gasteiger partial charge in [-0.1, -0.05) is 6.07 Å². The fraction of sp³-hybridized carbons (Fsp3) is 0. The predicted octanol–water partition coefficient (Wildman–Crippen LogP) is 3.46. The Bertz CT molecular complexity index is 813. The van der Waals surface area contributed by atoms with Crippen LogP contribution in [0.25, 0.3) is 11.0 Å². The molecule has 1 heterocycles. The number of para-hydroxylation sites is 1. The molecule has 1 aromatic heterocycles. The van der Waals surface area contributed by atoms with E-state index in [0.29, 0.717) is 16.6 Å². The first-order chi connectivity index (χ1) is 9.67. The summed E-state index contributed by atoms with van der Waals surface area (Å²) in [5.74, 6) is -1.20. The molecule has 6 heteroatoms. The number of fused-ring (bicyclic) bond motifs is 1. The number of nitrogens with one attached hydrogen (secondary N) is 2. The first-order valence-corrected chi connectivity index (χ1v) is 5.78. The quantitative estimate of drug-likeness (QED) is 0.749. The Kier molecular flexibility index (Phi) is 2.80. The van der Waals surface area contributed by atoms with Crippen molar-refractivity contribution in [2.45, 2.75) is 0 Å². The molecule has 2 aromatic carbocycles. The maximum absolute atomic E-state index is 13.5. The van der Waals surface area contributed by atoms with Gasteiger partial charge in [-0.05, 0) is 30.3 Å². The van der Waals surface area contributed by atoms with Gasteiger partial charge in [0, 0.05) is 0 Å². The number of anilines is 2.